The normalized spacial score (nSPS) is 21.5. The fourth-order valence-electron chi connectivity index (χ4n) is 2.43. The summed E-state index contributed by atoms with van der Waals surface area (Å²) in [5.74, 6) is 0.914. The van der Waals surface area contributed by atoms with Gasteiger partial charge in [0.15, 0.2) is 5.96 Å². The Bertz CT molecular complexity index is 355. The van der Waals surface area contributed by atoms with Gasteiger partial charge >= 0.3 is 0 Å². The monoisotopic (exact) mass is 458 g/mol. The molecule has 0 amide bonds. The molecule has 138 valence electrons. The first-order chi connectivity index (χ1) is 10.4. The van der Waals surface area contributed by atoms with E-state index in [-0.39, 0.29) is 28.7 Å². The van der Waals surface area contributed by atoms with Gasteiger partial charge in [0.1, 0.15) is 0 Å². The standard InChI is InChI=1S/C16H34N4OS.HI/c1-7-17-15(19-12-16(4,5)22-6)18-10-13(2)20-8-9-21-11-14(20)3;/h13-14H,7-12H2,1-6H3,(H2,17,18,19);1H. The van der Waals surface area contributed by atoms with Crippen molar-refractivity contribution in [3.05, 3.63) is 0 Å². The molecule has 0 aliphatic carbocycles. The first-order valence-electron chi connectivity index (χ1n) is 8.30. The van der Waals surface area contributed by atoms with Crippen LogP contribution in [0.3, 0.4) is 0 Å². The van der Waals surface area contributed by atoms with Crippen LogP contribution in [0.15, 0.2) is 4.99 Å². The average molecular weight is 458 g/mol. The number of guanidine groups is 1. The highest BCUT2D eigenvalue weighted by molar-refractivity contribution is 14.0. The highest BCUT2D eigenvalue weighted by atomic mass is 127. The molecule has 1 aliphatic rings. The molecule has 2 atom stereocenters. The zero-order chi connectivity index (χ0) is 16.6. The molecule has 1 fully saturated rings. The van der Waals surface area contributed by atoms with Gasteiger partial charge in [-0.15, -0.1) is 24.0 Å². The summed E-state index contributed by atoms with van der Waals surface area (Å²) < 4.78 is 5.69. The number of ether oxygens (including phenoxy) is 1. The van der Waals surface area contributed by atoms with Crippen LogP contribution < -0.4 is 10.6 Å². The van der Waals surface area contributed by atoms with Crippen molar-refractivity contribution in [1.82, 2.24) is 15.5 Å². The fraction of sp³-hybridized carbons (Fsp3) is 0.938. The molecule has 0 aromatic rings. The molecule has 0 saturated carbocycles. The van der Waals surface area contributed by atoms with Gasteiger partial charge in [-0.05, 0) is 40.9 Å². The lowest BCUT2D eigenvalue weighted by Gasteiger charge is -2.38. The van der Waals surface area contributed by atoms with Gasteiger partial charge in [0.2, 0.25) is 0 Å². The molecule has 1 saturated heterocycles. The summed E-state index contributed by atoms with van der Waals surface area (Å²) >= 11 is 1.85. The van der Waals surface area contributed by atoms with Crippen LogP contribution in [-0.4, -0.2) is 73.3 Å². The molecule has 1 rings (SSSR count). The van der Waals surface area contributed by atoms with Gasteiger partial charge in [0.25, 0.3) is 0 Å². The number of morpholine rings is 1. The molecule has 23 heavy (non-hydrogen) atoms. The van der Waals surface area contributed by atoms with Crippen LogP contribution in [-0.2, 0) is 4.74 Å². The lowest BCUT2D eigenvalue weighted by atomic mass is 10.2. The molecule has 0 radical (unpaired) electrons. The van der Waals surface area contributed by atoms with Crippen molar-refractivity contribution >= 4 is 41.7 Å². The number of hydrogen-bond acceptors (Lipinski definition) is 4. The maximum absolute atomic E-state index is 5.51. The summed E-state index contributed by atoms with van der Waals surface area (Å²) in [6.07, 6.45) is 2.14. The van der Waals surface area contributed by atoms with Crippen molar-refractivity contribution in [2.45, 2.75) is 51.4 Å². The van der Waals surface area contributed by atoms with Crippen molar-refractivity contribution in [3.8, 4) is 0 Å². The van der Waals surface area contributed by atoms with Gasteiger partial charge in [-0.25, -0.2) is 0 Å². The average Bonchev–Trinajstić information content (AvgIpc) is 2.50. The largest absolute Gasteiger partial charge is 0.379 e. The quantitative estimate of drug-likeness (QED) is 0.349. The van der Waals surface area contributed by atoms with Gasteiger partial charge in [-0.2, -0.15) is 11.8 Å². The van der Waals surface area contributed by atoms with Crippen LogP contribution in [0.5, 0.6) is 0 Å². The first-order valence-corrected chi connectivity index (χ1v) is 9.53. The Morgan fingerprint density at radius 3 is 2.70 bits per heavy atom. The van der Waals surface area contributed by atoms with E-state index in [0.717, 1.165) is 45.4 Å². The molecular weight excluding hydrogens is 423 g/mol. The maximum Gasteiger partial charge on any atom is 0.191 e. The SMILES string of the molecule is CCNC(=NCC(C)(C)SC)NCC(C)N1CCOCC1C.I. The van der Waals surface area contributed by atoms with Crippen molar-refractivity contribution in [1.29, 1.82) is 0 Å². The Hall–Kier alpha value is 0.270. The number of thioether (sulfide) groups is 1. The molecule has 5 nitrogen and oxygen atoms in total. The van der Waals surface area contributed by atoms with Gasteiger partial charge in [0, 0.05) is 36.5 Å². The number of halogens is 1. The highest BCUT2D eigenvalue weighted by Gasteiger charge is 2.23. The molecule has 2 N–H and O–H groups in total. The molecule has 0 aromatic heterocycles. The number of aliphatic imine (C=N–C) groups is 1. The van der Waals surface area contributed by atoms with Gasteiger partial charge in [-0.3, -0.25) is 9.89 Å². The van der Waals surface area contributed by atoms with E-state index < -0.39 is 0 Å². The smallest absolute Gasteiger partial charge is 0.191 e. The molecule has 2 unspecified atom stereocenters. The Balaban J connectivity index is 0.00000484. The number of rotatable bonds is 7. The van der Waals surface area contributed by atoms with Crippen molar-refractivity contribution in [2.24, 2.45) is 4.99 Å². The third kappa shape index (κ3) is 8.79. The minimum absolute atomic E-state index is 0. The molecule has 0 aromatic carbocycles. The Labute approximate surface area is 163 Å². The minimum atomic E-state index is 0. The van der Waals surface area contributed by atoms with Crippen molar-refractivity contribution < 1.29 is 4.74 Å². The summed E-state index contributed by atoms with van der Waals surface area (Å²) in [4.78, 5) is 7.23. The second kappa shape index (κ2) is 11.8. The van der Waals surface area contributed by atoms with E-state index in [1.807, 2.05) is 11.8 Å². The Kier molecular flexibility index (Phi) is 11.9. The molecule has 1 aliphatic heterocycles. The van der Waals surface area contributed by atoms with E-state index in [9.17, 15) is 0 Å². The lowest BCUT2D eigenvalue weighted by Crippen LogP contribution is -2.53. The van der Waals surface area contributed by atoms with Crippen molar-refractivity contribution in [2.75, 3.05) is 45.6 Å². The van der Waals surface area contributed by atoms with Crippen molar-refractivity contribution in [3.63, 3.8) is 0 Å². The predicted molar refractivity (Wildman–Crippen MR) is 113 cm³/mol. The van der Waals surface area contributed by atoms with Crippen LogP contribution in [0.25, 0.3) is 0 Å². The number of hydrogen-bond donors (Lipinski definition) is 2. The zero-order valence-electron chi connectivity index (χ0n) is 15.5. The van der Waals surface area contributed by atoms with Gasteiger partial charge < -0.3 is 15.4 Å². The Morgan fingerprint density at radius 1 is 1.43 bits per heavy atom. The topological polar surface area (TPSA) is 48.9 Å². The maximum atomic E-state index is 5.51. The molecular formula is C16H35IN4OS. The van der Waals surface area contributed by atoms with E-state index in [4.69, 9.17) is 9.73 Å². The fourth-order valence-corrected chi connectivity index (χ4v) is 2.63. The molecule has 7 heteroatoms. The summed E-state index contributed by atoms with van der Waals surface area (Å²) in [5, 5.41) is 6.82. The zero-order valence-corrected chi connectivity index (χ0v) is 18.7. The summed E-state index contributed by atoms with van der Waals surface area (Å²) in [6, 6.07) is 0.955. The van der Waals surface area contributed by atoms with Gasteiger partial charge in [-0.1, -0.05) is 0 Å². The highest BCUT2D eigenvalue weighted by Crippen LogP contribution is 2.20. The van der Waals surface area contributed by atoms with Crippen LogP contribution in [0, 0.1) is 0 Å². The first kappa shape index (κ1) is 23.3. The summed E-state index contributed by atoms with van der Waals surface area (Å²) in [7, 11) is 0. The minimum Gasteiger partial charge on any atom is -0.379 e. The third-order valence-electron chi connectivity index (χ3n) is 4.06. The van der Waals surface area contributed by atoms with E-state index >= 15 is 0 Å². The summed E-state index contributed by atoms with van der Waals surface area (Å²) in [5.41, 5.74) is 0. The molecule has 1 heterocycles. The van der Waals surface area contributed by atoms with Crippen LogP contribution in [0.4, 0.5) is 0 Å². The van der Waals surface area contributed by atoms with E-state index in [2.05, 4.69) is 56.4 Å². The molecule has 0 bridgehead atoms. The van der Waals surface area contributed by atoms with Crippen LogP contribution in [0.2, 0.25) is 0 Å². The van der Waals surface area contributed by atoms with Crippen LogP contribution >= 0.6 is 35.7 Å². The van der Waals surface area contributed by atoms with Gasteiger partial charge in [0.05, 0.1) is 19.8 Å². The van der Waals surface area contributed by atoms with E-state index in [1.54, 1.807) is 0 Å². The van der Waals surface area contributed by atoms with E-state index in [1.165, 1.54) is 0 Å². The predicted octanol–water partition coefficient (Wildman–Crippen LogP) is 2.41. The molecule has 0 spiro atoms. The third-order valence-corrected chi connectivity index (χ3v) is 5.30. The summed E-state index contributed by atoms with van der Waals surface area (Å²) in [6.45, 7) is 16.3. The second-order valence-electron chi connectivity index (χ2n) is 6.55. The lowest BCUT2D eigenvalue weighted by molar-refractivity contribution is -0.0174. The van der Waals surface area contributed by atoms with Crippen LogP contribution in [0.1, 0.15) is 34.6 Å². The van der Waals surface area contributed by atoms with E-state index in [0.29, 0.717) is 12.1 Å². The second-order valence-corrected chi connectivity index (χ2v) is 8.06. The number of nitrogens with zero attached hydrogens (tertiary/aromatic N) is 2. The number of nitrogens with one attached hydrogen (secondary N) is 2. The Morgan fingerprint density at radius 2 is 2.13 bits per heavy atom.